The van der Waals surface area contributed by atoms with E-state index in [1.165, 1.54) is 0 Å². The highest BCUT2D eigenvalue weighted by molar-refractivity contribution is 6.30. The number of aliphatic carboxylic acids is 1. The molecule has 1 unspecified atom stereocenters. The molecule has 1 aliphatic rings. The Bertz CT molecular complexity index is 678. The minimum atomic E-state index is -0.901. The minimum absolute atomic E-state index is 0.387. The van der Waals surface area contributed by atoms with Crippen molar-refractivity contribution in [3.63, 3.8) is 0 Å². The van der Waals surface area contributed by atoms with Crippen molar-refractivity contribution in [1.82, 2.24) is 14.5 Å². The summed E-state index contributed by atoms with van der Waals surface area (Å²) in [6, 6.07) is 8.87. The third-order valence-electron chi connectivity index (χ3n) is 4.08. The molecule has 0 amide bonds. The van der Waals surface area contributed by atoms with E-state index in [9.17, 15) is 9.90 Å². The number of hydrogen-bond donors (Lipinski definition) is 1. The average molecular weight is 320 g/mol. The standard InChI is InChI=1S/C16H18ClN3O2/c1-19-14(17)12(13(16(21)22)20-9-5-6-10-20)18-15(19)11-7-3-2-4-8-11/h2-4,7-8,13H,5-6,9-10H2,1H3,(H,21,22). The predicted octanol–water partition coefficient (Wildman–Crippen LogP) is 2.96. The largest absolute Gasteiger partial charge is 0.480 e. The summed E-state index contributed by atoms with van der Waals surface area (Å²) in [5.74, 6) is -0.215. The smallest absolute Gasteiger partial charge is 0.327 e. The lowest BCUT2D eigenvalue weighted by molar-refractivity contribution is -0.143. The molecule has 1 saturated heterocycles. The summed E-state index contributed by atoms with van der Waals surface area (Å²) in [6.07, 6.45) is 2.03. The van der Waals surface area contributed by atoms with E-state index in [0.717, 1.165) is 31.5 Å². The zero-order chi connectivity index (χ0) is 15.7. The third-order valence-corrected chi connectivity index (χ3v) is 4.53. The summed E-state index contributed by atoms with van der Waals surface area (Å²) in [6.45, 7) is 1.54. The number of carboxylic acids is 1. The fourth-order valence-corrected chi connectivity index (χ4v) is 3.19. The Labute approximate surface area is 134 Å². The van der Waals surface area contributed by atoms with Crippen molar-refractivity contribution in [3.05, 3.63) is 41.2 Å². The van der Waals surface area contributed by atoms with Crippen LogP contribution >= 0.6 is 11.6 Å². The van der Waals surface area contributed by atoms with Gasteiger partial charge in [-0.1, -0.05) is 41.9 Å². The molecule has 2 aromatic rings. The molecule has 1 fully saturated rings. The summed E-state index contributed by atoms with van der Waals surface area (Å²) in [7, 11) is 1.81. The van der Waals surface area contributed by atoms with Crippen molar-refractivity contribution >= 4 is 17.6 Å². The molecule has 2 heterocycles. The second-order valence-electron chi connectivity index (χ2n) is 5.52. The molecule has 0 saturated carbocycles. The highest BCUT2D eigenvalue weighted by Crippen LogP contribution is 2.33. The Morgan fingerprint density at radius 2 is 1.91 bits per heavy atom. The molecule has 0 spiro atoms. The number of likely N-dealkylation sites (tertiary alicyclic amines) is 1. The minimum Gasteiger partial charge on any atom is -0.480 e. The van der Waals surface area contributed by atoms with Crippen LogP contribution in [-0.4, -0.2) is 38.6 Å². The topological polar surface area (TPSA) is 58.4 Å². The zero-order valence-electron chi connectivity index (χ0n) is 12.4. The zero-order valence-corrected chi connectivity index (χ0v) is 13.1. The summed E-state index contributed by atoms with van der Waals surface area (Å²) >= 11 is 6.39. The molecule has 6 heteroatoms. The Kier molecular flexibility index (Phi) is 4.18. The van der Waals surface area contributed by atoms with E-state index >= 15 is 0 Å². The maximum atomic E-state index is 11.7. The summed E-state index contributed by atoms with van der Waals surface area (Å²) in [5, 5.41) is 10.0. The van der Waals surface area contributed by atoms with Gasteiger partial charge in [0.15, 0.2) is 6.04 Å². The van der Waals surface area contributed by atoms with Crippen molar-refractivity contribution in [2.24, 2.45) is 7.05 Å². The molecule has 1 N–H and O–H groups in total. The van der Waals surface area contributed by atoms with Crippen LogP contribution in [0.5, 0.6) is 0 Å². The first kappa shape index (κ1) is 15.1. The van der Waals surface area contributed by atoms with E-state index in [1.807, 2.05) is 42.3 Å². The van der Waals surface area contributed by atoms with Gasteiger partial charge in [0.2, 0.25) is 0 Å². The molecule has 1 aromatic heterocycles. The predicted molar refractivity (Wildman–Crippen MR) is 84.8 cm³/mol. The van der Waals surface area contributed by atoms with Gasteiger partial charge in [0.05, 0.1) is 0 Å². The molecular weight excluding hydrogens is 302 g/mol. The number of carbonyl (C=O) groups is 1. The lowest BCUT2D eigenvalue weighted by atomic mass is 10.2. The SMILES string of the molecule is Cn1c(-c2ccccc2)nc(C(C(=O)O)N2CCCC2)c1Cl. The first-order valence-electron chi connectivity index (χ1n) is 7.34. The van der Waals surface area contributed by atoms with Gasteiger partial charge in [0, 0.05) is 12.6 Å². The molecule has 22 heavy (non-hydrogen) atoms. The maximum absolute atomic E-state index is 11.7. The van der Waals surface area contributed by atoms with Gasteiger partial charge in [-0.2, -0.15) is 0 Å². The first-order chi connectivity index (χ1) is 10.6. The number of benzene rings is 1. The lowest BCUT2D eigenvalue weighted by Crippen LogP contribution is -2.32. The molecule has 0 bridgehead atoms. The molecule has 1 aliphatic heterocycles. The average Bonchev–Trinajstić information content (AvgIpc) is 3.12. The van der Waals surface area contributed by atoms with Crippen molar-refractivity contribution in [2.45, 2.75) is 18.9 Å². The normalized spacial score (nSPS) is 16.8. The third kappa shape index (κ3) is 2.62. The van der Waals surface area contributed by atoms with Crippen LogP contribution < -0.4 is 0 Å². The molecule has 1 atom stereocenters. The second-order valence-corrected chi connectivity index (χ2v) is 5.88. The fourth-order valence-electron chi connectivity index (χ4n) is 2.97. The number of hydrogen-bond acceptors (Lipinski definition) is 3. The number of aromatic nitrogens is 2. The van der Waals surface area contributed by atoms with E-state index in [4.69, 9.17) is 11.6 Å². The van der Waals surface area contributed by atoms with Crippen LogP contribution in [0.1, 0.15) is 24.6 Å². The Morgan fingerprint density at radius 3 is 2.50 bits per heavy atom. The fraction of sp³-hybridized carbons (Fsp3) is 0.375. The Morgan fingerprint density at radius 1 is 1.27 bits per heavy atom. The molecule has 116 valence electrons. The molecule has 5 nitrogen and oxygen atoms in total. The van der Waals surface area contributed by atoms with Crippen molar-refractivity contribution in [3.8, 4) is 11.4 Å². The van der Waals surface area contributed by atoms with Crippen LogP contribution in [0.25, 0.3) is 11.4 Å². The van der Waals surface area contributed by atoms with Crippen LogP contribution in [0.15, 0.2) is 30.3 Å². The Balaban J connectivity index is 2.05. The van der Waals surface area contributed by atoms with E-state index in [0.29, 0.717) is 16.7 Å². The monoisotopic (exact) mass is 319 g/mol. The summed E-state index contributed by atoms with van der Waals surface area (Å²) in [5.41, 5.74) is 1.35. The van der Waals surface area contributed by atoms with E-state index < -0.39 is 12.0 Å². The van der Waals surface area contributed by atoms with Crippen LogP contribution in [0.3, 0.4) is 0 Å². The van der Waals surface area contributed by atoms with Gasteiger partial charge in [-0.05, 0) is 25.9 Å². The van der Waals surface area contributed by atoms with Gasteiger partial charge in [-0.3, -0.25) is 9.69 Å². The maximum Gasteiger partial charge on any atom is 0.327 e. The van der Waals surface area contributed by atoms with Gasteiger partial charge in [-0.25, -0.2) is 4.98 Å². The molecule has 0 aliphatic carbocycles. The van der Waals surface area contributed by atoms with E-state index in [-0.39, 0.29) is 0 Å². The number of nitrogens with zero attached hydrogens (tertiary/aromatic N) is 3. The number of rotatable bonds is 4. The van der Waals surface area contributed by atoms with Crippen molar-refractivity contribution in [1.29, 1.82) is 0 Å². The van der Waals surface area contributed by atoms with Crippen LogP contribution in [0, 0.1) is 0 Å². The molecular formula is C16H18ClN3O2. The summed E-state index contributed by atoms with van der Waals surface area (Å²) in [4.78, 5) is 18.2. The second kappa shape index (κ2) is 6.10. The van der Waals surface area contributed by atoms with Crippen molar-refractivity contribution in [2.75, 3.05) is 13.1 Å². The van der Waals surface area contributed by atoms with Crippen LogP contribution in [0.4, 0.5) is 0 Å². The van der Waals surface area contributed by atoms with E-state index in [2.05, 4.69) is 4.98 Å². The number of imidazole rings is 1. The van der Waals surface area contributed by atoms with Gasteiger partial charge in [-0.15, -0.1) is 0 Å². The Hall–Kier alpha value is -1.85. The van der Waals surface area contributed by atoms with Crippen molar-refractivity contribution < 1.29 is 9.90 Å². The van der Waals surface area contributed by atoms with Crippen LogP contribution in [-0.2, 0) is 11.8 Å². The van der Waals surface area contributed by atoms with Gasteiger partial charge >= 0.3 is 5.97 Å². The lowest BCUT2D eigenvalue weighted by Gasteiger charge is -2.22. The number of carboxylic acid groups (broad SMARTS) is 1. The van der Waals surface area contributed by atoms with Crippen LogP contribution in [0.2, 0.25) is 5.15 Å². The molecule has 3 rings (SSSR count). The van der Waals surface area contributed by atoms with Gasteiger partial charge in [0.25, 0.3) is 0 Å². The first-order valence-corrected chi connectivity index (χ1v) is 7.72. The van der Waals surface area contributed by atoms with Gasteiger partial charge < -0.3 is 9.67 Å². The highest BCUT2D eigenvalue weighted by atomic mass is 35.5. The van der Waals surface area contributed by atoms with E-state index in [1.54, 1.807) is 4.57 Å². The number of halogens is 1. The quantitative estimate of drug-likeness (QED) is 0.941. The molecule has 0 radical (unpaired) electrons. The highest BCUT2D eigenvalue weighted by Gasteiger charge is 2.34. The summed E-state index contributed by atoms with van der Waals surface area (Å²) < 4.78 is 1.75. The molecule has 1 aromatic carbocycles. The van der Waals surface area contributed by atoms with Gasteiger partial charge in [0.1, 0.15) is 16.7 Å².